The summed E-state index contributed by atoms with van der Waals surface area (Å²) in [6.45, 7) is 1.97. The van der Waals surface area contributed by atoms with Gasteiger partial charge in [-0.3, -0.25) is 4.79 Å². The molecule has 1 heterocycles. The Labute approximate surface area is 178 Å². The first kappa shape index (κ1) is 19.6. The third kappa shape index (κ3) is 2.88. The Balaban J connectivity index is 1.64. The summed E-state index contributed by atoms with van der Waals surface area (Å²) in [5, 5.41) is 0. The number of rotatable bonds is 4. The van der Waals surface area contributed by atoms with Crippen LogP contribution in [-0.4, -0.2) is 37.5 Å². The lowest BCUT2D eigenvalue weighted by Gasteiger charge is -2.33. The molecular formula is C24H27NO4S. The summed E-state index contributed by atoms with van der Waals surface area (Å²) < 4.78 is 33.4. The number of carbonyl (C=O) groups is 1. The number of aryl methyl sites for hydroxylation is 1. The first-order valence-electron chi connectivity index (χ1n) is 10.6. The van der Waals surface area contributed by atoms with E-state index in [1.165, 1.54) is 4.31 Å². The van der Waals surface area contributed by atoms with Gasteiger partial charge in [0.15, 0.2) is 0 Å². The van der Waals surface area contributed by atoms with Crippen molar-refractivity contribution in [3.63, 3.8) is 0 Å². The van der Waals surface area contributed by atoms with Crippen LogP contribution < -0.4 is 4.74 Å². The van der Waals surface area contributed by atoms with Gasteiger partial charge in [0.25, 0.3) is 0 Å². The molecule has 158 valence electrons. The lowest BCUT2D eigenvalue weighted by atomic mass is 9.81. The first-order chi connectivity index (χ1) is 14.3. The van der Waals surface area contributed by atoms with E-state index in [-0.39, 0.29) is 23.1 Å². The molecule has 5 rings (SSSR count). The van der Waals surface area contributed by atoms with Crippen LogP contribution in [0.3, 0.4) is 0 Å². The Hall–Kier alpha value is -2.34. The standard InChI is InChI=1S/C24H27NO4S/c1-16-8-9-20(29-2)19(12-16)22(18-6-4-3-5-7-18)23(26)25-21-13-17-10-11-24(21,14-17)15-30(25,27)28/h3-9,12,17,21-22H,10-11,13-15H2,1-2H3/t17-,21-,22?,24-/m0/s1. The van der Waals surface area contributed by atoms with Crippen LogP contribution in [0.4, 0.5) is 0 Å². The van der Waals surface area contributed by atoms with Crippen LogP contribution in [0.5, 0.6) is 5.75 Å². The van der Waals surface area contributed by atoms with Crippen molar-refractivity contribution in [1.29, 1.82) is 0 Å². The molecule has 0 N–H and O–H groups in total. The summed E-state index contributed by atoms with van der Waals surface area (Å²) in [5.74, 6) is 0.190. The quantitative estimate of drug-likeness (QED) is 0.746. The minimum absolute atomic E-state index is 0.110. The van der Waals surface area contributed by atoms with E-state index in [1.54, 1.807) is 7.11 Å². The third-order valence-electron chi connectivity index (χ3n) is 7.36. The highest BCUT2D eigenvalue weighted by Gasteiger charge is 2.64. The van der Waals surface area contributed by atoms with Crippen LogP contribution in [0.2, 0.25) is 0 Å². The summed E-state index contributed by atoms with van der Waals surface area (Å²) >= 11 is 0. The molecule has 5 nitrogen and oxygen atoms in total. The van der Waals surface area contributed by atoms with Gasteiger partial charge in [0, 0.05) is 11.0 Å². The van der Waals surface area contributed by atoms with Gasteiger partial charge in [-0.2, -0.15) is 0 Å². The zero-order valence-electron chi connectivity index (χ0n) is 17.4. The van der Waals surface area contributed by atoms with Crippen LogP contribution in [0.25, 0.3) is 0 Å². The summed E-state index contributed by atoms with van der Waals surface area (Å²) in [4.78, 5) is 14.0. The number of nitrogens with zero attached hydrogens (tertiary/aromatic N) is 1. The molecule has 0 radical (unpaired) electrons. The summed E-state index contributed by atoms with van der Waals surface area (Å²) in [6, 6.07) is 15.0. The van der Waals surface area contributed by atoms with Crippen LogP contribution in [0, 0.1) is 18.3 Å². The van der Waals surface area contributed by atoms with Gasteiger partial charge in [-0.1, -0.05) is 48.0 Å². The van der Waals surface area contributed by atoms with E-state index in [9.17, 15) is 13.2 Å². The molecule has 1 aliphatic heterocycles. The molecule has 2 aromatic rings. The van der Waals surface area contributed by atoms with Crippen molar-refractivity contribution in [2.45, 2.75) is 44.6 Å². The molecular weight excluding hydrogens is 398 g/mol. The molecule has 6 heteroatoms. The SMILES string of the molecule is COc1ccc(C)cc1C(C(=O)N1[C@H]2C[C@@H]3CC[C@]2(C3)CS1(=O)=O)c1ccccc1. The maximum absolute atomic E-state index is 14.0. The van der Waals surface area contributed by atoms with E-state index in [0.29, 0.717) is 17.2 Å². The molecule has 2 aromatic carbocycles. The smallest absolute Gasteiger partial charge is 0.248 e. The molecule has 0 aromatic heterocycles. The fourth-order valence-corrected chi connectivity index (χ4v) is 8.53. The number of amides is 1. The zero-order valence-corrected chi connectivity index (χ0v) is 18.2. The van der Waals surface area contributed by atoms with Crippen LogP contribution in [-0.2, 0) is 14.8 Å². The molecule has 1 saturated heterocycles. The van der Waals surface area contributed by atoms with E-state index in [1.807, 2.05) is 55.5 Å². The number of fused-ring (bicyclic) bond motifs is 1. The number of ether oxygens (including phenoxy) is 1. The van der Waals surface area contributed by atoms with Gasteiger partial charge in [0.1, 0.15) is 5.75 Å². The molecule has 1 unspecified atom stereocenters. The highest BCUT2D eigenvalue weighted by molar-refractivity contribution is 7.90. The molecule has 3 fully saturated rings. The van der Waals surface area contributed by atoms with Gasteiger partial charge in [-0.05, 0) is 50.2 Å². The maximum atomic E-state index is 14.0. The topological polar surface area (TPSA) is 63.7 Å². The minimum Gasteiger partial charge on any atom is -0.496 e. The van der Waals surface area contributed by atoms with Gasteiger partial charge in [-0.15, -0.1) is 0 Å². The number of hydrogen-bond donors (Lipinski definition) is 0. The van der Waals surface area contributed by atoms with Crippen LogP contribution >= 0.6 is 0 Å². The Morgan fingerprint density at radius 3 is 2.67 bits per heavy atom. The second-order valence-corrected chi connectivity index (χ2v) is 11.0. The number of sulfonamides is 1. The third-order valence-corrected chi connectivity index (χ3v) is 9.33. The highest BCUT2D eigenvalue weighted by Crippen LogP contribution is 2.61. The van der Waals surface area contributed by atoms with E-state index < -0.39 is 15.9 Å². The fraction of sp³-hybridized carbons (Fsp3) is 0.458. The average Bonchev–Trinajstić information content (AvgIpc) is 3.32. The monoisotopic (exact) mass is 425 g/mol. The molecule has 2 aliphatic carbocycles. The molecule has 2 bridgehead atoms. The predicted octanol–water partition coefficient (Wildman–Crippen LogP) is 3.87. The minimum atomic E-state index is -3.64. The Morgan fingerprint density at radius 1 is 1.20 bits per heavy atom. The Morgan fingerprint density at radius 2 is 1.97 bits per heavy atom. The fourth-order valence-electron chi connectivity index (χ4n) is 6.14. The van der Waals surface area contributed by atoms with Crippen LogP contribution in [0.1, 0.15) is 48.3 Å². The average molecular weight is 426 g/mol. The van der Waals surface area contributed by atoms with Gasteiger partial charge >= 0.3 is 0 Å². The molecule has 1 amide bonds. The van der Waals surface area contributed by atoms with Crippen molar-refractivity contribution in [2.24, 2.45) is 11.3 Å². The lowest BCUT2D eigenvalue weighted by molar-refractivity contribution is -0.129. The van der Waals surface area contributed by atoms with E-state index >= 15 is 0 Å². The van der Waals surface area contributed by atoms with Crippen molar-refractivity contribution < 1.29 is 17.9 Å². The molecule has 3 aliphatic rings. The zero-order chi connectivity index (χ0) is 21.1. The maximum Gasteiger partial charge on any atom is 0.248 e. The van der Waals surface area contributed by atoms with Crippen LogP contribution in [0.15, 0.2) is 48.5 Å². The molecule has 4 atom stereocenters. The molecule has 30 heavy (non-hydrogen) atoms. The van der Waals surface area contributed by atoms with Crippen molar-refractivity contribution in [1.82, 2.24) is 4.31 Å². The number of carbonyl (C=O) groups excluding carboxylic acids is 1. The number of benzene rings is 2. The van der Waals surface area contributed by atoms with E-state index in [4.69, 9.17) is 4.74 Å². The van der Waals surface area contributed by atoms with Crippen molar-refractivity contribution in [3.8, 4) is 5.75 Å². The van der Waals surface area contributed by atoms with Crippen molar-refractivity contribution >= 4 is 15.9 Å². The van der Waals surface area contributed by atoms with Crippen molar-refractivity contribution in [2.75, 3.05) is 12.9 Å². The summed E-state index contributed by atoms with van der Waals surface area (Å²) in [5.41, 5.74) is 2.26. The first-order valence-corrected chi connectivity index (χ1v) is 12.2. The predicted molar refractivity (Wildman–Crippen MR) is 115 cm³/mol. The highest BCUT2D eigenvalue weighted by atomic mass is 32.2. The van der Waals surface area contributed by atoms with Gasteiger partial charge in [-0.25, -0.2) is 12.7 Å². The van der Waals surface area contributed by atoms with Gasteiger partial charge in [0.2, 0.25) is 15.9 Å². The van der Waals surface area contributed by atoms with Gasteiger partial charge < -0.3 is 4.74 Å². The normalized spacial score (nSPS) is 29.6. The molecule has 1 spiro atoms. The largest absolute Gasteiger partial charge is 0.496 e. The Bertz CT molecular complexity index is 1100. The number of methoxy groups -OCH3 is 1. The summed E-state index contributed by atoms with van der Waals surface area (Å²) in [7, 11) is -2.06. The Kier molecular flexibility index (Phi) is 4.47. The lowest BCUT2D eigenvalue weighted by Crippen LogP contribution is -2.44. The second-order valence-electron chi connectivity index (χ2n) is 9.20. The molecule has 2 saturated carbocycles. The number of hydrogen-bond acceptors (Lipinski definition) is 4. The van der Waals surface area contributed by atoms with E-state index in [2.05, 4.69) is 0 Å². The summed E-state index contributed by atoms with van der Waals surface area (Å²) in [6.07, 6.45) is 3.73. The van der Waals surface area contributed by atoms with Gasteiger partial charge in [0.05, 0.1) is 24.8 Å². The van der Waals surface area contributed by atoms with E-state index in [0.717, 1.165) is 36.8 Å². The van der Waals surface area contributed by atoms with Crippen molar-refractivity contribution in [3.05, 3.63) is 65.2 Å². The second kappa shape index (κ2) is 6.84.